The van der Waals surface area contributed by atoms with Gasteiger partial charge in [0.15, 0.2) is 8.07 Å². The fraction of sp³-hybridized carbons (Fsp3) is 0. The summed E-state index contributed by atoms with van der Waals surface area (Å²) >= 11 is 0. The maximum Gasteiger partial charge on any atom is 0.179 e. The summed E-state index contributed by atoms with van der Waals surface area (Å²) in [6, 6.07) is 101. The Hall–Kier alpha value is -9.09. The second-order valence-electron chi connectivity index (χ2n) is 18.6. The second kappa shape index (κ2) is 16.6. The van der Waals surface area contributed by atoms with Gasteiger partial charge in [-0.1, -0.05) is 243 Å². The summed E-state index contributed by atoms with van der Waals surface area (Å²) in [6.07, 6.45) is 0. The Labute approximate surface area is 412 Å². The van der Waals surface area contributed by atoms with E-state index in [1.54, 1.807) is 0 Å². The van der Waals surface area contributed by atoms with Gasteiger partial charge in [0.05, 0.1) is 22.2 Å². The molecule has 0 N–H and O–H groups in total. The highest BCUT2D eigenvalue weighted by molar-refractivity contribution is 7.19. The molecule has 0 fully saturated rings. The van der Waals surface area contributed by atoms with Crippen molar-refractivity contribution in [1.82, 2.24) is 14.1 Å². The van der Waals surface area contributed by atoms with E-state index < -0.39 is 8.07 Å². The lowest BCUT2D eigenvalue weighted by atomic mass is 9.98. The van der Waals surface area contributed by atoms with Crippen LogP contribution in [0.5, 0.6) is 0 Å². The molecular weight excluding hydrogens is 875 g/mol. The first-order valence-corrected chi connectivity index (χ1v) is 26.5. The van der Waals surface area contributed by atoms with E-state index in [2.05, 4.69) is 282 Å². The van der Waals surface area contributed by atoms with Crippen molar-refractivity contribution in [2.75, 3.05) is 0 Å². The first-order chi connectivity index (χ1) is 35.3. The van der Waals surface area contributed by atoms with Crippen LogP contribution in [0.25, 0.3) is 99.0 Å². The maximum absolute atomic E-state index is 5.59. The predicted molar refractivity (Wildman–Crippen MR) is 302 cm³/mol. The van der Waals surface area contributed by atoms with Crippen LogP contribution in [0.3, 0.4) is 0 Å². The molecule has 0 spiro atoms. The van der Waals surface area contributed by atoms with E-state index in [0.717, 1.165) is 44.9 Å². The molecule has 14 rings (SSSR count). The minimum absolute atomic E-state index is 0.921. The van der Waals surface area contributed by atoms with Crippen molar-refractivity contribution in [1.29, 1.82) is 0 Å². The van der Waals surface area contributed by atoms with E-state index in [9.17, 15) is 0 Å². The van der Waals surface area contributed by atoms with Crippen LogP contribution in [0.1, 0.15) is 0 Å². The average molecular weight is 920 g/mol. The topological polar surface area (TPSA) is 22.8 Å². The van der Waals surface area contributed by atoms with Crippen LogP contribution in [0, 0.1) is 0 Å². The summed E-state index contributed by atoms with van der Waals surface area (Å²) in [7, 11) is -2.95. The van der Waals surface area contributed by atoms with E-state index in [4.69, 9.17) is 4.98 Å². The van der Waals surface area contributed by atoms with Gasteiger partial charge >= 0.3 is 0 Å². The number of hydrogen-bond acceptors (Lipinski definition) is 1. The Morgan fingerprint density at radius 1 is 0.268 bits per heavy atom. The zero-order valence-electron chi connectivity index (χ0n) is 38.8. The molecular formula is C67H45N3Si. The van der Waals surface area contributed by atoms with E-state index in [1.165, 1.54) is 74.9 Å². The van der Waals surface area contributed by atoms with Gasteiger partial charge in [0.25, 0.3) is 0 Å². The van der Waals surface area contributed by atoms with Gasteiger partial charge in [0.2, 0.25) is 0 Å². The Morgan fingerprint density at radius 3 is 1.13 bits per heavy atom. The number of nitrogens with zero attached hydrogens (tertiary/aromatic N) is 3. The van der Waals surface area contributed by atoms with Gasteiger partial charge in [0.1, 0.15) is 5.82 Å². The lowest BCUT2D eigenvalue weighted by molar-refractivity contribution is 1.11. The van der Waals surface area contributed by atoms with Crippen LogP contribution >= 0.6 is 0 Å². The number of fused-ring (bicyclic) bond motifs is 12. The van der Waals surface area contributed by atoms with Crippen molar-refractivity contribution in [3.05, 3.63) is 273 Å². The summed E-state index contributed by atoms with van der Waals surface area (Å²) < 4.78 is 4.85. The molecule has 3 nitrogen and oxygen atoms in total. The van der Waals surface area contributed by atoms with Gasteiger partial charge < -0.3 is 4.57 Å². The van der Waals surface area contributed by atoms with E-state index in [1.807, 2.05) is 0 Å². The van der Waals surface area contributed by atoms with Gasteiger partial charge in [-0.2, -0.15) is 0 Å². The minimum Gasteiger partial charge on any atom is -0.309 e. The smallest absolute Gasteiger partial charge is 0.179 e. The van der Waals surface area contributed by atoms with E-state index in [-0.39, 0.29) is 0 Å². The predicted octanol–water partition coefficient (Wildman–Crippen LogP) is 14.3. The number of para-hydroxylation sites is 2. The fourth-order valence-corrected chi connectivity index (χ4v) is 16.5. The molecule has 0 bridgehead atoms. The Kier molecular flexibility index (Phi) is 9.54. The normalized spacial score (nSPS) is 11.9. The van der Waals surface area contributed by atoms with Gasteiger partial charge in [0, 0.05) is 38.5 Å². The van der Waals surface area contributed by atoms with Crippen molar-refractivity contribution in [3.8, 4) is 34.0 Å². The minimum atomic E-state index is -2.95. The third kappa shape index (κ3) is 6.32. The Balaban J connectivity index is 0.982. The molecule has 0 aliphatic heterocycles. The van der Waals surface area contributed by atoms with E-state index >= 15 is 0 Å². The molecule has 0 saturated heterocycles. The molecule has 14 aromatic rings. The standard InChI is InChI=1S/C67H45N3Si/c1-5-21-48(22-6-1)69-63(45-62-58-33-14-13-29-54(58)56-31-16-19-35-60(56)65(62)69)46-37-41-52(42-38-46)71(50-25-9-3-10-26-50,51-27-11-4-12-28-51)53-43-39-47(40-44-53)67-68-64-59-34-18-15-30-55(59)57-32-17-20-36-61(57)66(64)70(67)49-23-7-2-8-24-49/h1-45H. The molecule has 0 aliphatic rings. The number of imidazole rings is 1. The van der Waals surface area contributed by atoms with Gasteiger partial charge in [-0.05, 0) is 83.6 Å². The van der Waals surface area contributed by atoms with Crippen LogP contribution in [0.15, 0.2) is 273 Å². The lowest BCUT2D eigenvalue weighted by Crippen LogP contribution is -2.74. The molecule has 0 saturated carbocycles. The SMILES string of the molecule is c1ccc(-n2c(-c3ccc([Si](c4ccccc4)(c4ccccc4)c4ccc(-c5nc6c7ccccc7c7ccccc7c6n5-c5ccccc5)cc4)cc3)cc3c4ccccc4c4ccccc4c32)cc1. The molecule has 4 heteroatoms. The van der Waals surface area contributed by atoms with Gasteiger partial charge in [-0.15, -0.1) is 0 Å². The molecule has 0 atom stereocenters. The van der Waals surface area contributed by atoms with Crippen molar-refractivity contribution in [3.63, 3.8) is 0 Å². The van der Waals surface area contributed by atoms with Crippen molar-refractivity contribution < 1.29 is 0 Å². The van der Waals surface area contributed by atoms with Crippen molar-refractivity contribution in [2.24, 2.45) is 0 Å². The van der Waals surface area contributed by atoms with Gasteiger partial charge in [-0.3, -0.25) is 4.57 Å². The summed E-state index contributed by atoms with van der Waals surface area (Å²) in [4.78, 5) is 5.59. The highest BCUT2D eigenvalue weighted by Crippen LogP contribution is 2.42. The average Bonchev–Trinajstić information content (AvgIpc) is 4.07. The zero-order valence-corrected chi connectivity index (χ0v) is 39.8. The number of aromatic nitrogens is 3. The first kappa shape index (κ1) is 40.9. The number of rotatable bonds is 8. The molecule has 2 heterocycles. The molecule has 2 aromatic heterocycles. The zero-order chi connectivity index (χ0) is 46.9. The monoisotopic (exact) mass is 919 g/mol. The quantitative estimate of drug-likeness (QED) is 0.0846. The fourth-order valence-electron chi connectivity index (χ4n) is 11.8. The first-order valence-electron chi connectivity index (χ1n) is 24.5. The molecule has 0 aliphatic carbocycles. The molecule has 71 heavy (non-hydrogen) atoms. The maximum atomic E-state index is 5.59. The van der Waals surface area contributed by atoms with Crippen molar-refractivity contribution >= 4 is 93.8 Å². The third-order valence-electron chi connectivity index (χ3n) is 14.9. The molecule has 0 amide bonds. The lowest BCUT2D eigenvalue weighted by Gasteiger charge is -2.34. The number of hydrogen-bond donors (Lipinski definition) is 0. The van der Waals surface area contributed by atoms with Crippen molar-refractivity contribution in [2.45, 2.75) is 0 Å². The van der Waals surface area contributed by atoms with Crippen LogP contribution in [0.2, 0.25) is 0 Å². The van der Waals surface area contributed by atoms with Crippen LogP contribution in [0.4, 0.5) is 0 Å². The highest BCUT2D eigenvalue weighted by atomic mass is 28.3. The van der Waals surface area contributed by atoms with Gasteiger partial charge in [-0.25, -0.2) is 4.98 Å². The van der Waals surface area contributed by atoms with E-state index in [0.29, 0.717) is 0 Å². The third-order valence-corrected chi connectivity index (χ3v) is 19.7. The summed E-state index contributed by atoms with van der Waals surface area (Å²) in [5.74, 6) is 0.921. The molecule has 0 radical (unpaired) electrons. The van der Waals surface area contributed by atoms with Crippen LogP contribution in [-0.4, -0.2) is 22.2 Å². The highest BCUT2D eigenvalue weighted by Gasteiger charge is 2.41. The molecule has 332 valence electrons. The molecule has 0 unspecified atom stereocenters. The Morgan fingerprint density at radius 2 is 0.620 bits per heavy atom. The second-order valence-corrected chi connectivity index (χ2v) is 22.4. The summed E-state index contributed by atoms with van der Waals surface area (Å²) in [5, 5.41) is 16.4. The summed E-state index contributed by atoms with van der Waals surface area (Å²) in [5.41, 5.74) is 8.97. The molecule has 12 aromatic carbocycles. The summed E-state index contributed by atoms with van der Waals surface area (Å²) in [6.45, 7) is 0. The van der Waals surface area contributed by atoms with Crippen LogP contribution < -0.4 is 20.7 Å². The number of benzene rings is 12. The largest absolute Gasteiger partial charge is 0.309 e. The van der Waals surface area contributed by atoms with Crippen LogP contribution in [-0.2, 0) is 0 Å². The Bertz CT molecular complexity index is 4010.